The number of hydrogen-bond donors (Lipinski definition) is 3. The standard InChI is InChI=1S/C14H13N7O.ClH/c1-8-12(19-20-18-8)13(22)21(14(15)16)11-6-2-5-10-9(11)4-3-7-17-10;/h2-7H,1H3,(H4,15,16,18,19,20,22);1H/p+1. The van der Waals surface area contributed by atoms with Gasteiger partial charge in [0.1, 0.15) is 5.69 Å². The number of carbonyl (C=O) groups is 1. The second-order valence-corrected chi connectivity index (χ2v) is 4.70. The highest BCUT2D eigenvalue weighted by Crippen LogP contribution is 2.25. The summed E-state index contributed by atoms with van der Waals surface area (Å²) in [5.74, 6) is -0.605. The average molecular weight is 333 g/mol. The van der Waals surface area contributed by atoms with E-state index in [2.05, 4.69) is 20.4 Å². The van der Waals surface area contributed by atoms with E-state index in [9.17, 15) is 4.79 Å². The van der Waals surface area contributed by atoms with Crippen molar-refractivity contribution in [2.24, 2.45) is 11.5 Å². The topological polar surface area (TPSA) is 127 Å². The van der Waals surface area contributed by atoms with E-state index in [0.717, 1.165) is 10.9 Å². The molecule has 23 heavy (non-hydrogen) atoms. The van der Waals surface area contributed by atoms with Gasteiger partial charge in [0.15, 0.2) is 5.69 Å². The summed E-state index contributed by atoms with van der Waals surface area (Å²) in [6.07, 6.45) is 1.68. The summed E-state index contributed by atoms with van der Waals surface area (Å²) < 4.78 is 1.20. The van der Waals surface area contributed by atoms with E-state index in [1.807, 2.05) is 12.1 Å². The van der Waals surface area contributed by atoms with Crippen LogP contribution in [0.15, 0.2) is 36.5 Å². The number of pyridine rings is 1. The third-order valence-corrected chi connectivity index (χ3v) is 3.25. The van der Waals surface area contributed by atoms with Gasteiger partial charge in [-0.2, -0.15) is 4.58 Å². The van der Waals surface area contributed by atoms with Crippen LogP contribution in [0.25, 0.3) is 10.9 Å². The quantitative estimate of drug-likeness (QED) is 0.362. The summed E-state index contributed by atoms with van der Waals surface area (Å²) >= 11 is 0. The maximum Gasteiger partial charge on any atom is 0.353 e. The van der Waals surface area contributed by atoms with E-state index in [1.165, 1.54) is 4.58 Å². The van der Waals surface area contributed by atoms with Crippen molar-refractivity contribution in [3.63, 3.8) is 0 Å². The SMILES string of the molecule is Cc1[nH]nnc1C(=O)[N+](=C(N)N)c1cccc2ncccc12.Cl. The molecule has 1 aromatic carbocycles. The maximum absolute atomic E-state index is 12.7. The number of carbonyl (C=O) groups excluding carboxylic acids is 1. The number of aryl methyl sites for hydroxylation is 1. The first-order valence-electron chi connectivity index (χ1n) is 6.53. The predicted molar refractivity (Wildman–Crippen MR) is 87.7 cm³/mol. The molecule has 0 aliphatic carbocycles. The molecule has 0 bridgehead atoms. The van der Waals surface area contributed by atoms with Gasteiger partial charge in [-0.25, -0.2) is 4.79 Å². The fourth-order valence-electron chi connectivity index (χ4n) is 2.23. The molecule has 8 nitrogen and oxygen atoms in total. The molecule has 0 spiro atoms. The van der Waals surface area contributed by atoms with E-state index >= 15 is 0 Å². The monoisotopic (exact) mass is 332 g/mol. The molecule has 0 unspecified atom stereocenters. The van der Waals surface area contributed by atoms with Crippen molar-refractivity contribution >= 4 is 40.9 Å². The van der Waals surface area contributed by atoms with Crippen LogP contribution in [-0.4, -0.2) is 36.8 Å². The third-order valence-electron chi connectivity index (χ3n) is 3.25. The first kappa shape index (κ1) is 16.4. The molecule has 118 valence electrons. The van der Waals surface area contributed by atoms with E-state index in [1.54, 1.807) is 31.3 Å². The first-order valence-corrected chi connectivity index (χ1v) is 6.53. The highest BCUT2D eigenvalue weighted by Gasteiger charge is 2.25. The minimum Gasteiger partial charge on any atom is -0.290 e. The summed E-state index contributed by atoms with van der Waals surface area (Å²) in [5, 5.41) is 10.8. The lowest BCUT2D eigenvalue weighted by molar-refractivity contribution is -0.335. The Morgan fingerprint density at radius 3 is 2.65 bits per heavy atom. The van der Waals surface area contributed by atoms with Gasteiger partial charge in [-0.15, -0.1) is 17.5 Å². The number of nitrogens with one attached hydrogen (secondary N) is 1. The molecule has 2 aromatic heterocycles. The average Bonchev–Trinajstić information content (AvgIpc) is 2.93. The van der Waals surface area contributed by atoms with Crippen LogP contribution in [0.4, 0.5) is 5.69 Å². The molecule has 0 saturated heterocycles. The summed E-state index contributed by atoms with van der Waals surface area (Å²) in [7, 11) is 0. The van der Waals surface area contributed by atoms with Gasteiger partial charge in [0.05, 0.1) is 11.2 Å². The second-order valence-electron chi connectivity index (χ2n) is 4.70. The molecule has 9 heteroatoms. The number of fused-ring (bicyclic) bond motifs is 1. The van der Waals surface area contributed by atoms with Gasteiger partial charge in [0.2, 0.25) is 0 Å². The Kier molecular flexibility index (Phi) is 4.56. The van der Waals surface area contributed by atoms with Crippen molar-refractivity contribution in [1.29, 1.82) is 0 Å². The molecule has 0 radical (unpaired) electrons. The zero-order valence-corrected chi connectivity index (χ0v) is 13.0. The van der Waals surface area contributed by atoms with Gasteiger partial charge < -0.3 is 0 Å². The Morgan fingerprint density at radius 2 is 2.00 bits per heavy atom. The van der Waals surface area contributed by atoms with Gasteiger partial charge >= 0.3 is 11.9 Å². The summed E-state index contributed by atoms with van der Waals surface area (Å²) in [4.78, 5) is 17.0. The summed E-state index contributed by atoms with van der Waals surface area (Å²) in [5.41, 5.74) is 13.4. The maximum atomic E-state index is 12.7. The van der Waals surface area contributed by atoms with E-state index in [0.29, 0.717) is 11.4 Å². The highest BCUT2D eigenvalue weighted by atomic mass is 35.5. The van der Waals surface area contributed by atoms with Gasteiger partial charge in [0, 0.05) is 11.6 Å². The number of benzene rings is 1. The molecular weight excluding hydrogens is 318 g/mol. The van der Waals surface area contributed by atoms with Gasteiger partial charge in [-0.3, -0.25) is 21.5 Å². The zero-order chi connectivity index (χ0) is 15.7. The number of H-pyrrole nitrogens is 1. The van der Waals surface area contributed by atoms with Gasteiger partial charge in [-0.05, 0) is 31.2 Å². The minimum atomic E-state index is -0.456. The Bertz CT molecular complexity index is 894. The zero-order valence-electron chi connectivity index (χ0n) is 12.2. The van der Waals surface area contributed by atoms with Crippen molar-refractivity contribution in [2.75, 3.05) is 0 Å². The third kappa shape index (κ3) is 2.84. The lowest BCUT2D eigenvalue weighted by atomic mass is 10.1. The number of nitrogens with zero attached hydrogens (tertiary/aromatic N) is 4. The number of hydrogen-bond acceptors (Lipinski definition) is 4. The lowest BCUT2D eigenvalue weighted by Crippen LogP contribution is -2.37. The molecule has 3 aromatic rings. The molecule has 0 aliphatic heterocycles. The molecule has 3 rings (SSSR count). The predicted octanol–water partition coefficient (Wildman–Crippen LogP) is 0.841. The lowest BCUT2D eigenvalue weighted by Gasteiger charge is -2.09. The number of halogens is 1. The first-order chi connectivity index (χ1) is 10.6. The molecule has 2 heterocycles. The second kappa shape index (κ2) is 6.41. The Morgan fingerprint density at radius 1 is 1.22 bits per heavy atom. The Labute approximate surface area is 137 Å². The molecule has 0 atom stereocenters. The fraction of sp³-hybridized carbons (Fsp3) is 0.0714. The van der Waals surface area contributed by atoms with Crippen LogP contribution in [0.1, 0.15) is 16.2 Å². The Balaban J connectivity index is 0.00000192. The van der Waals surface area contributed by atoms with E-state index < -0.39 is 5.91 Å². The number of rotatable bonds is 2. The van der Waals surface area contributed by atoms with Gasteiger partial charge in [-0.1, -0.05) is 11.3 Å². The van der Waals surface area contributed by atoms with E-state index in [-0.39, 0.29) is 24.1 Å². The molecule has 5 N–H and O–H groups in total. The van der Waals surface area contributed by atoms with Crippen LogP contribution >= 0.6 is 12.4 Å². The molecule has 0 aliphatic rings. The van der Waals surface area contributed by atoms with Crippen LogP contribution in [-0.2, 0) is 0 Å². The number of aromatic nitrogens is 4. The fourth-order valence-corrected chi connectivity index (χ4v) is 2.23. The van der Waals surface area contributed by atoms with Crippen LogP contribution in [0, 0.1) is 6.92 Å². The molecule has 1 amide bonds. The summed E-state index contributed by atoms with van der Waals surface area (Å²) in [6, 6.07) is 9.00. The number of guanidine groups is 1. The summed E-state index contributed by atoms with van der Waals surface area (Å²) in [6.45, 7) is 1.70. The smallest absolute Gasteiger partial charge is 0.290 e. The normalized spacial score (nSPS) is 10.1. The molecule has 0 fully saturated rings. The van der Waals surface area contributed by atoms with Crippen molar-refractivity contribution in [2.45, 2.75) is 6.92 Å². The van der Waals surface area contributed by atoms with Crippen LogP contribution < -0.4 is 11.5 Å². The van der Waals surface area contributed by atoms with Crippen LogP contribution in [0.2, 0.25) is 0 Å². The van der Waals surface area contributed by atoms with Crippen molar-refractivity contribution in [3.05, 3.63) is 47.9 Å². The van der Waals surface area contributed by atoms with Gasteiger partial charge in [0.25, 0.3) is 0 Å². The number of aromatic amines is 1. The largest absolute Gasteiger partial charge is 0.353 e. The van der Waals surface area contributed by atoms with Crippen LogP contribution in [0.5, 0.6) is 0 Å². The van der Waals surface area contributed by atoms with Crippen molar-refractivity contribution in [1.82, 2.24) is 20.4 Å². The number of amides is 1. The van der Waals surface area contributed by atoms with Crippen molar-refractivity contribution in [3.8, 4) is 0 Å². The highest BCUT2D eigenvalue weighted by molar-refractivity contribution is 5.97. The Hall–Kier alpha value is -3.00. The van der Waals surface area contributed by atoms with Crippen molar-refractivity contribution < 1.29 is 9.37 Å². The number of nitrogens with two attached hydrogens (primary N) is 2. The van der Waals surface area contributed by atoms with E-state index in [4.69, 9.17) is 11.5 Å². The molecular formula is C14H15ClN7O+. The van der Waals surface area contributed by atoms with Crippen LogP contribution in [0.3, 0.4) is 0 Å². The minimum absolute atomic E-state index is 0. The molecule has 0 saturated carbocycles.